The van der Waals surface area contributed by atoms with Crippen LogP contribution in [0.25, 0.3) is 0 Å². The lowest BCUT2D eigenvalue weighted by Crippen LogP contribution is -2.01. The van der Waals surface area contributed by atoms with E-state index in [9.17, 15) is 0 Å². The highest BCUT2D eigenvalue weighted by Gasteiger charge is 2.02. The minimum atomic E-state index is 0.232. The van der Waals surface area contributed by atoms with E-state index in [0.717, 1.165) is 10.0 Å². The number of nitrogens with two attached hydrogens (primary N) is 1. The normalized spacial score (nSPS) is 11.0. The van der Waals surface area contributed by atoms with Crippen molar-refractivity contribution >= 4 is 11.3 Å². The number of nitrogens with zero attached hydrogens (tertiary/aromatic N) is 2. The second-order valence-electron chi connectivity index (χ2n) is 2.65. The summed E-state index contributed by atoms with van der Waals surface area (Å²) in [7, 11) is 0. The van der Waals surface area contributed by atoms with Crippen LogP contribution >= 0.6 is 11.3 Å². The maximum absolute atomic E-state index is 5.39. The van der Waals surface area contributed by atoms with Gasteiger partial charge in [0.15, 0.2) is 0 Å². The van der Waals surface area contributed by atoms with Gasteiger partial charge in [0, 0.05) is 6.54 Å². The lowest BCUT2D eigenvalue weighted by atomic mass is 10.5. The molecule has 5 heteroatoms. The molecule has 1 aromatic rings. The summed E-state index contributed by atoms with van der Waals surface area (Å²) in [5, 5.41) is 9.55. The van der Waals surface area contributed by atoms with E-state index in [1.54, 1.807) is 0 Å². The third kappa shape index (κ3) is 2.84. The lowest BCUT2D eigenvalue weighted by Gasteiger charge is -2.02. The molecule has 12 heavy (non-hydrogen) atoms. The van der Waals surface area contributed by atoms with E-state index in [4.69, 9.17) is 10.5 Å². The Kier molecular flexibility index (Phi) is 3.58. The molecule has 0 bridgehead atoms. The van der Waals surface area contributed by atoms with Gasteiger partial charge in [0.1, 0.15) is 16.6 Å². The predicted octanol–water partition coefficient (Wildman–Crippen LogP) is 0.922. The van der Waals surface area contributed by atoms with E-state index in [-0.39, 0.29) is 6.10 Å². The first-order chi connectivity index (χ1) is 5.72. The van der Waals surface area contributed by atoms with Crippen LogP contribution in [0.3, 0.4) is 0 Å². The van der Waals surface area contributed by atoms with E-state index >= 15 is 0 Å². The first-order valence-corrected chi connectivity index (χ1v) is 4.67. The van der Waals surface area contributed by atoms with E-state index in [2.05, 4.69) is 10.2 Å². The average Bonchev–Trinajstić information content (AvgIpc) is 2.48. The Balaban J connectivity index is 2.41. The highest BCUT2D eigenvalue weighted by Crippen LogP contribution is 2.10. The molecule has 0 fully saturated rings. The SMILES string of the molecule is CC(C)OCc1nnc(CN)s1. The highest BCUT2D eigenvalue weighted by molar-refractivity contribution is 7.11. The van der Waals surface area contributed by atoms with Crippen LogP contribution in [-0.2, 0) is 17.9 Å². The third-order valence-corrected chi connectivity index (χ3v) is 2.14. The smallest absolute Gasteiger partial charge is 0.143 e. The Morgan fingerprint density at radius 2 is 2.08 bits per heavy atom. The van der Waals surface area contributed by atoms with Gasteiger partial charge in [-0.15, -0.1) is 10.2 Å². The Morgan fingerprint density at radius 3 is 2.58 bits per heavy atom. The van der Waals surface area contributed by atoms with Crippen molar-refractivity contribution in [2.45, 2.75) is 33.1 Å². The second kappa shape index (κ2) is 4.49. The largest absolute Gasteiger partial charge is 0.372 e. The molecule has 4 nitrogen and oxygen atoms in total. The fourth-order valence-corrected chi connectivity index (χ4v) is 1.31. The Morgan fingerprint density at radius 1 is 1.42 bits per heavy atom. The van der Waals surface area contributed by atoms with Crippen LogP contribution in [-0.4, -0.2) is 16.3 Å². The summed E-state index contributed by atoms with van der Waals surface area (Å²) in [5.41, 5.74) is 5.39. The zero-order valence-corrected chi connectivity index (χ0v) is 8.10. The molecule has 0 aliphatic carbocycles. The average molecular weight is 187 g/mol. The summed E-state index contributed by atoms with van der Waals surface area (Å²) in [6.07, 6.45) is 0.232. The Bertz CT molecular complexity index is 236. The fraction of sp³-hybridized carbons (Fsp3) is 0.714. The zero-order chi connectivity index (χ0) is 8.97. The van der Waals surface area contributed by atoms with Crippen molar-refractivity contribution in [3.05, 3.63) is 10.0 Å². The van der Waals surface area contributed by atoms with Crippen LogP contribution < -0.4 is 5.73 Å². The summed E-state index contributed by atoms with van der Waals surface area (Å²) in [5.74, 6) is 0. The molecule has 0 unspecified atom stereocenters. The van der Waals surface area contributed by atoms with Gasteiger partial charge in [0.05, 0.1) is 6.10 Å². The molecule has 0 spiro atoms. The number of ether oxygens (including phenoxy) is 1. The summed E-state index contributed by atoms with van der Waals surface area (Å²) < 4.78 is 5.35. The van der Waals surface area contributed by atoms with Gasteiger partial charge in [0.2, 0.25) is 0 Å². The molecule has 0 aliphatic rings. The molecule has 0 radical (unpaired) electrons. The maximum atomic E-state index is 5.39. The highest BCUT2D eigenvalue weighted by atomic mass is 32.1. The van der Waals surface area contributed by atoms with Crippen LogP contribution in [0.15, 0.2) is 0 Å². The predicted molar refractivity (Wildman–Crippen MR) is 47.7 cm³/mol. The first-order valence-electron chi connectivity index (χ1n) is 3.85. The van der Waals surface area contributed by atoms with Crippen LogP contribution in [0.4, 0.5) is 0 Å². The van der Waals surface area contributed by atoms with Crippen molar-refractivity contribution in [3.63, 3.8) is 0 Å². The van der Waals surface area contributed by atoms with Crippen molar-refractivity contribution in [2.75, 3.05) is 0 Å². The number of hydrogen-bond acceptors (Lipinski definition) is 5. The quantitative estimate of drug-likeness (QED) is 0.761. The molecule has 1 heterocycles. The van der Waals surface area contributed by atoms with Crippen molar-refractivity contribution in [2.24, 2.45) is 5.73 Å². The topological polar surface area (TPSA) is 61.0 Å². The molecule has 0 atom stereocenters. The van der Waals surface area contributed by atoms with Gasteiger partial charge in [-0.2, -0.15) is 0 Å². The molecule has 0 saturated carbocycles. The van der Waals surface area contributed by atoms with Crippen LogP contribution in [0.5, 0.6) is 0 Å². The minimum Gasteiger partial charge on any atom is -0.372 e. The Labute approximate surface area is 75.8 Å². The molecule has 68 valence electrons. The summed E-state index contributed by atoms with van der Waals surface area (Å²) in [6, 6.07) is 0. The molecule has 2 N–H and O–H groups in total. The maximum Gasteiger partial charge on any atom is 0.143 e. The van der Waals surface area contributed by atoms with Crippen molar-refractivity contribution < 1.29 is 4.74 Å². The van der Waals surface area contributed by atoms with Gasteiger partial charge < -0.3 is 10.5 Å². The standard InChI is InChI=1S/C7H13N3OS/c1-5(2)11-4-7-10-9-6(3-8)12-7/h5H,3-4,8H2,1-2H3. The van der Waals surface area contributed by atoms with E-state index in [1.807, 2.05) is 13.8 Å². The summed E-state index contributed by atoms with van der Waals surface area (Å²) in [6.45, 7) is 4.98. The molecular formula is C7H13N3OS. The second-order valence-corrected chi connectivity index (χ2v) is 3.80. The van der Waals surface area contributed by atoms with Crippen molar-refractivity contribution in [1.82, 2.24) is 10.2 Å². The van der Waals surface area contributed by atoms with Gasteiger partial charge in [0.25, 0.3) is 0 Å². The third-order valence-electron chi connectivity index (χ3n) is 1.22. The zero-order valence-electron chi connectivity index (χ0n) is 7.28. The lowest BCUT2D eigenvalue weighted by molar-refractivity contribution is 0.0652. The molecule has 0 amide bonds. The van der Waals surface area contributed by atoms with Gasteiger partial charge in [-0.3, -0.25) is 0 Å². The van der Waals surface area contributed by atoms with E-state index < -0.39 is 0 Å². The van der Waals surface area contributed by atoms with Crippen LogP contribution in [0.2, 0.25) is 0 Å². The summed E-state index contributed by atoms with van der Waals surface area (Å²) in [4.78, 5) is 0. The molecule has 0 aliphatic heterocycles. The van der Waals surface area contributed by atoms with E-state index in [0.29, 0.717) is 13.2 Å². The number of aromatic nitrogens is 2. The summed E-state index contributed by atoms with van der Waals surface area (Å²) >= 11 is 1.50. The van der Waals surface area contributed by atoms with Crippen molar-refractivity contribution in [1.29, 1.82) is 0 Å². The Hall–Kier alpha value is -0.520. The first kappa shape index (κ1) is 9.57. The molecule has 0 aromatic carbocycles. The van der Waals surface area contributed by atoms with Gasteiger partial charge in [-0.25, -0.2) is 0 Å². The molecule has 0 saturated heterocycles. The van der Waals surface area contributed by atoms with E-state index in [1.165, 1.54) is 11.3 Å². The number of hydrogen-bond donors (Lipinski definition) is 1. The van der Waals surface area contributed by atoms with Gasteiger partial charge >= 0.3 is 0 Å². The molecule has 1 rings (SSSR count). The fourth-order valence-electron chi connectivity index (χ4n) is 0.667. The van der Waals surface area contributed by atoms with Crippen LogP contribution in [0, 0.1) is 0 Å². The monoisotopic (exact) mass is 187 g/mol. The number of rotatable bonds is 4. The van der Waals surface area contributed by atoms with Crippen molar-refractivity contribution in [3.8, 4) is 0 Å². The van der Waals surface area contributed by atoms with Gasteiger partial charge in [-0.05, 0) is 13.8 Å². The molecule has 1 aromatic heterocycles. The van der Waals surface area contributed by atoms with Gasteiger partial charge in [-0.1, -0.05) is 11.3 Å². The van der Waals surface area contributed by atoms with Crippen LogP contribution in [0.1, 0.15) is 23.9 Å². The molecular weight excluding hydrogens is 174 g/mol. The minimum absolute atomic E-state index is 0.232.